The lowest BCUT2D eigenvalue weighted by atomic mass is 10.1. The topological polar surface area (TPSA) is 52.7 Å². The Morgan fingerprint density at radius 3 is 2.36 bits per heavy atom. The largest absolute Gasteiger partial charge is 0.352 e. The molecule has 136 valence electrons. The van der Waals surface area contributed by atoms with E-state index in [1.54, 1.807) is 4.90 Å². The summed E-state index contributed by atoms with van der Waals surface area (Å²) in [6.07, 6.45) is 5.93. The summed E-state index contributed by atoms with van der Waals surface area (Å²) >= 11 is 0. The minimum atomic E-state index is 0.0112. The van der Waals surface area contributed by atoms with E-state index in [0.717, 1.165) is 25.1 Å². The lowest BCUT2D eigenvalue weighted by molar-refractivity contribution is -0.128. The summed E-state index contributed by atoms with van der Waals surface area (Å²) in [5, 5.41) is 2.95. The van der Waals surface area contributed by atoms with Crippen molar-refractivity contribution in [3.8, 4) is 0 Å². The summed E-state index contributed by atoms with van der Waals surface area (Å²) in [7, 11) is 0. The highest BCUT2D eigenvalue weighted by atomic mass is 16.2. The van der Waals surface area contributed by atoms with Crippen molar-refractivity contribution >= 4 is 11.8 Å². The van der Waals surface area contributed by atoms with Gasteiger partial charge in [-0.15, -0.1) is 0 Å². The van der Waals surface area contributed by atoms with Crippen LogP contribution in [0.1, 0.15) is 49.7 Å². The maximum Gasteiger partial charge on any atom is 0.222 e. The number of piperidine rings is 1. The van der Waals surface area contributed by atoms with Crippen LogP contribution in [0.3, 0.4) is 0 Å². The molecule has 2 saturated heterocycles. The molecule has 0 spiro atoms. The van der Waals surface area contributed by atoms with E-state index < -0.39 is 0 Å². The van der Waals surface area contributed by atoms with Gasteiger partial charge in [-0.3, -0.25) is 14.5 Å². The zero-order chi connectivity index (χ0) is 17.5. The molecular weight excluding hydrogens is 314 g/mol. The predicted octanol–water partition coefficient (Wildman–Crippen LogP) is 2.30. The van der Waals surface area contributed by atoms with Crippen LogP contribution in [0.2, 0.25) is 0 Å². The minimum absolute atomic E-state index is 0.0112. The molecule has 2 aliphatic heterocycles. The second-order valence-corrected chi connectivity index (χ2v) is 7.16. The van der Waals surface area contributed by atoms with Gasteiger partial charge in [0, 0.05) is 39.0 Å². The van der Waals surface area contributed by atoms with E-state index in [0.29, 0.717) is 25.9 Å². The van der Waals surface area contributed by atoms with E-state index in [2.05, 4.69) is 34.5 Å². The molecule has 3 rings (SSSR count). The highest BCUT2D eigenvalue weighted by molar-refractivity contribution is 5.80. The number of carbonyl (C=O) groups is 2. The lowest BCUT2D eigenvalue weighted by Gasteiger charge is -2.26. The van der Waals surface area contributed by atoms with Gasteiger partial charge in [0.2, 0.25) is 11.8 Å². The molecule has 25 heavy (non-hydrogen) atoms. The fraction of sp³-hybridized carbons (Fsp3) is 0.600. The molecule has 5 heteroatoms. The molecule has 1 aromatic carbocycles. The number of nitrogens with zero attached hydrogens (tertiary/aromatic N) is 2. The van der Waals surface area contributed by atoms with E-state index >= 15 is 0 Å². The maximum absolute atomic E-state index is 12.0. The Kier molecular flexibility index (Phi) is 6.45. The Morgan fingerprint density at radius 2 is 1.68 bits per heavy atom. The Labute approximate surface area is 150 Å². The molecule has 2 heterocycles. The van der Waals surface area contributed by atoms with Crippen molar-refractivity contribution in [2.24, 2.45) is 0 Å². The highest BCUT2D eigenvalue weighted by Crippen LogP contribution is 2.14. The third kappa shape index (κ3) is 5.56. The SMILES string of the molecule is O=C(CCN1CCCC1=O)NCc1ccc(CN2CCCCC2)cc1. The zero-order valence-corrected chi connectivity index (χ0v) is 15.0. The van der Waals surface area contributed by atoms with Crippen LogP contribution in [-0.4, -0.2) is 47.8 Å². The molecule has 2 fully saturated rings. The third-order valence-corrected chi connectivity index (χ3v) is 5.15. The first kappa shape index (κ1) is 17.9. The minimum Gasteiger partial charge on any atom is -0.352 e. The van der Waals surface area contributed by atoms with Gasteiger partial charge in [-0.25, -0.2) is 0 Å². The van der Waals surface area contributed by atoms with E-state index in [1.807, 2.05) is 0 Å². The molecule has 0 aliphatic carbocycles. The van der Waals surface area contributed by atoms with Gasteiger partial charge in [0.1, 0.15) is 0 Å². The van der Waals surface area contributed by atoms with Crippen molar-refractivity contribution in [3.63, 3.8) is 0 Å². The first-order valence-electron chi connectivity index (χ1n) is 9.55. The second-order valence-electron chi connectivity index (χ2n) is 7.16. The highest BCUT2D eigenvalue weighted by Gasteiger charge is 2.20. The smallest absolute Gasteiger partial charge is 0.222 e. The van der Waals surface area contributed by atoms with Crippen LogP contribution in [-0.2, 0) is 22.7 Å². The molecule has 1 N–H and O–H groups in total. The Bertz CT molecular complexity index is 579. The second kappa shape index (κ2) is 8.99. The number of carbonyl (C=O) groups excluding carboxylic acids is 2. The Morgan fingerprint density at radius 1 is 0.960 bits per heavy atom. The molecule has 0 bridgehead atoms. The Hall–Kier alpha value is -1.88. The van der Waals surface area contributed by atoms with Crippen LogP contribution in [0.5, 0.6) is 0 Å². The van der Waals surface area contributed by atoms with Gasteiger partial charge in [-0.1, -0.05) is 30.7 Å². The number of hydrogen-bond acceptors (Lipinski definition) is 3. The van der Waals surface area contributed by atoms with Gasteiger partial charge < -0.3 is 10.2 Å². The van der Waals surface area contributed by atoms with Gasteiger partial charge in [0.05, 0.1) is 0 Å². The van der Waals surface area contributed by atoms with Crippen LogP contribution in [0.25, 0.3) is 0 Å². The molecule has 0 saturated carbocycles. The monoisotopic (exact) mass is 343 g/mol. The number of rotatable bonds is 7. The van der Waals surface area contributed by atoms with Crippen LogP contribution >= 0.6 is 0 Å². The summed E-state index contributed by atoms with van der Waals surface area (Å²) < 4.78 is 0. The van der Waals surface area contributed by atoms with E-state index in [-0.39, 0.29) is 11.8 Å². The van der Waals surface area contributed by atoms with Gasteiger partial charge >= 0.3 is 0 Å². The standard InChI is InChI=1S/C20H29N3O2/c24-19(10-14-23-13-4-5-20(23)25)21-15-17-6-8-18(9-7-17)16-22-11-2-1-3-12-22/h6-9H,1-5,10-16H2,(H,21,24). The van der Waals surface area contributed by atoms with Gasteiger partial charge in [0.15, 0.2) is 0 Å². The van der Waals surface area contributed by atoms with Crippen molar-refractivity contribution < 1.29 is 9.59 Å². The number of likely N-dealkylation sites (tertiary alicyclic amines) is 2. The van der Waals surface area contributed by atoms with E-state index in [9.17, 15) is 9.59 Å². The van der Waals surface area contributed by atoms with E-state index in [1.165, 1.54) is 37.9 Å². The van der Waals surface area contributed by atoms with Gasteiger partial charge in [-0.2, -0.15) is 0 Å². The third-order valence-electron chi connectivity index (χ3n) is 5.15. The summed E-state index contributed by atoms with van der Waals surface area (Å²) in [4.78, 5) is 27.8. The Balaban J connectivity index is 1.37. The summed E-state index contributed by atoms with van der Waals surface area (Å²) in [5.74, 6) is 0.189. The fourth-order valence-electron chi connectivity index (χ4n) is 3.60. The number of nitrogens with one attached hydrogen (secondary N) is 1. The van der Waals surface area contributed by atoms with Gasteiger partial charge in [-0.05, 0) is 43.5 Å². The zero-order valence-electron chi connectivity index (χ0n) is 15.0. The molecule has 0 aromatic heterocycles. The van der Waals surface area contributed by atoms with E-state index in [4.69, 9.17) is 0 Å². The molecule has 2 amide bonds. The fourth-order valence-corrected chi connectivity index (χ4v) is 3.60. The van der Waals surface area contributed by atoms with Crippen molar-refractivity contribution in [2.45, 2.75) is 51.6 Å². The average molecular weight is 343 g/mol. The van der Waals surface area contributed by atoms with Crippen LogP contribution in [0.4, 0.5) is 0 Å². The molecule has 1 aromatic rings. The number of amides is 2. The van der Waals surface area contributed by atoms with Crippen molar-refractivity contribution in [1.29, 1.82) is 0 Å². The summed E-state index contributed by atoms with van der Waals surface area (Å²) in [6, 6.07) is 8.53. The lowest BCUT2D eigenvalue weighted by Crippen LogP contribution is -2.31. The molecule has 5 nitrogen and oxygen atoms in total. The molecule has 0 unspecified atom stereocenters. The first-order chi connectivity index (χ1) is 12.2. The van der Waals surface area contributed by atoms with Crippen molar-refractivity contribution in [3.05, 3.63) is 35.4 Å². The predicted molar refractivity (Wildman–Crippen MR) is 97.8 cm³/mol. The first-order valence-corrected chi connectivity index (χ1v) is 9.55. The average Bonchev–Trinajstić information content (AvgIpc) is 3.05. The van der Waals surface area contributed by atoms with Crippen molar-refractivity contribution in [2.75, 3.05) is 26.2 Å². The van der Waals surface area contributed by atoms with Crippen LogP contribution < -0.4 is 5.32 Å². The molecular formula is C20H29N3O2. The van der Waals surface area contributed by atoms with Crippen molar-refractivity contribution in [1.82, 2.24) is 15.1 Å². The maximum atomic E-state index is 12.0. The quantitative estimate of drug-likeness (QED) is 0.826. The number of benzene rings is 1. The van der Waals surface area contributed by atoms with Crippen LogP contribution in [0.15, 0.2) is 24.3 Å². The normalized spacial score (nSPS) is 18.6. The molecule has 2 aliphatic rings. The van der Waals surface area contributed by atoms with Gasteiger partial charge in [0.25, 0.3) is 0 Å². The van der Waals surface area contributed by atoms with Crippen LogP contribution in [0, 0.1) is 0 Å². The summed E-state index contributed by atoms with van der Waals surface area (Å²) in [5.41, 5.74) is 2.46. The summed E-state index contributed by atoms with van der Waals surface area (Å²) in [6.45, 7) is 5.33. The molecule has 0 atom stereocenters. The molecule has 0 radical (unpaired) electrons. The number of hydrogen-bond donors (Lipinski definition) is 1.